The Morgan fingerprint density at radius 2 is 1.39 bits per heavy atom. The molecule has 1 heterocycles. The van der Waals surface area contributed by atoms with E-state index >= 15 is 0 Å². The molecule has 132 valence electrons. The SMILES string of the molecule is CCCCC(CCCC)(CCCC)C(C)Oc1cnc(Cl)nc1. The van der Waals surface area contributed by atoms with Gasteiger partial charge in [0, 0.05) is 5.41 Å². The Labute approximate surface area is 147 Å². The largest absolute Gasteiger partial charge is 0.487 e. The van der Waals surface area contributed by atoms with Gasteiger partial charge in [0.1, 0.15) is 6.10 Å². The Morgan fingerprint density at radius 1 is 0.957 bits per heavy atom. The lowest BCUT2D eigenvalue weighted by atomic mass is 9.70. The van der Waals surface area contributed by atoms with E-state index in [0.29, 0.717) is 0 Å². The molecule has 0 N–H and O–H groups in total. The lowest BCUT2D eigenvalue weighted by Gasteiger charge is -2.39. The van der Waals surface area contributed by atoms with E-state index in [9.17, 15) is 0 Å². The highest BCUT2D eigenvalue weighted by Crippen LogP contribution is 2.41. The fourth-order valence-electron chi connectivity index (χ4n) is 3.26. The summed E-state index contributed by atoms with van der Waals surface area (Å²) in [6, 6.07) is 0. The number of aromatic nitrogens is 2. The predicted molar refractivity (Wildman–Crippen MR) is 98.1 cm³/mol. The van der Waals surface area contributed by atoms with Crippen molar-refractivity contribution in [1.82, 2.24) is 9.97 Å². The van der Waals surface area contributed by atoms with Crippen LogP contribution in [0.5, 0.6) is 5.75 Å². The van der Waals surface area contributed by atoms with E-state index in [1.54, 1.807) is 12.4 Å². The lowest BCUT2D eigenvalue weighted by molar-refractivity contribution is 0.0296. The van der Waals surface area contributed by atoms with Gasteiger partial charge in [-0.25, -0.2) is 9.97 Å². The third-order valence-corrected chi connectivity index (χ3v) is 5.05. The Morgan fingerprint density at radius 3 is 1.78 bits per heavy atom. The van der Waals surface area contributed by atoms with Crippen LogP contribution in [0.4, 0.5) is 0 Å². The summed E-state index contributed by atoms with van der Waals surface area (Å²) in [4.78, 5) is 8.06. The highest BCUT2D eigenvalue weighted by Gasteiger charge is 2.36. The van der Waals surface area contributed by atoms with Gasteiger partial charge in [-0.1, -0.05) is 59.3 Å². The standard InChI is InChI=1S/C19H33ClN2O/c1-5-8-11-19(12-9-6-2,13-10-7-3)16(4)23-17-14-21-18(20)22-15-17/h14-16H,5-13H2,1-4H3. The van der Waals surface area contributed by atoms with Crippen molar-refractivity contribution in [3.05, 3.63) is 17.7 Å². The van der Waals surface area contributed by atoms with Crippen LogP contribution in [-0.2, 0) is 0 Å². The minimum absolute atomic E-state index is 0.164. The monoisotopic (exact) mass is 340 g/mol. The summed E-state index contributed by atoms with van der Waals surface area (Å²) in [5.74, 6) is 0.718. The van der Waals surface area contributed by atoms with E-state index in [4.69, 9.17) is 16.3 Å². The zero-order chi connectivity index (χ0) is 17.1. The topological polar surface area (TPSA) is 35.0 Å². The van der Waals surface area contributed by atoms with Crippen LogP contribution in [0.2, 0.25) is 5.28 Å². The fraction of sp³-hybridized carbons (Fsp3) is 0.789. The van der Waals surface area contributed by atoms with E-state index in [2.05, 4.69) is 37.7 Å². The van der Waals surface area contributed by atoms with Gasteiger partial charge in [-0.3, -0.25) is 0 Å². The Kier molecular flexibility index (Phi) is 9.54. The molecule has 0 aliphatic heterocycles. The van der Waals surface area contributed by atoms with Crippen LogP contribution in [0, 0.1) is 5.41 Å². The summed E-state index contributed by atoms with van der Waals surface area (Å²) in [5, 5.41) is 0.263. The Hall–Kier alpha value is -0.830. The molecule has 0 saturated carbocycles. The van der Waals surface area contributed by atoms with E-state index in [1.807, 2.05) is 0 Å². The molecule has 1 atom stereocenters. The summed E-state index contributed by atoms with van der Waals surface area (Å²) in [6.07, 6.45) is 14.7. The molecule has 4 heteroatoms. The van der Waals surface area contributed by atoms with Crippen LogP contribution in [0.25, 0.3) is 0 Å². The van der Waals surface area contributed by atoms with E-state index in [1.165, 1.54) is 57.8 Å². The minimum atomic E-state index is 0.164. The second-order valence-electron chi connectivity index (χ2n) is 6.62. The molecular formula is C19H33ClN2O. The first-order valence-corrected chi connectivity index (χ1v) is 9.60. The quantitative estimate of drug-likeness (QED) is 0.410. The molecule has 0 aliphatic rings. The zero-order valence-corrected chi connectivity index (χ0v) is 16.0. The number of rotatable bonds is 12. The molecule has 0 fully saturated rings. The van der Waals surface area contributed by atoms with E-state index in [-0.39, 0.29) is 16.8 Å². The summed E-state index contributed by atoms with van der Waals surface area (Å²) >= 11 is 5.77. The summed E-state index contributed by atoms with van der Waals surface area (Å²) in [5.41, 5.74) is 0.252. The van der Waals surface area contributed by atoms with Gasteiger partial charge in [0.15, 0.2) is 5.75 Å². The molecule has 0 aliphatic carbocycles. The molecule has 1 aromatic heterocycles. The first-order valence-electron chi connectivity index (χ1n) is 9.22. The number of ether oxygens (including phenoxy) is 1. The van der Waals surface area contributed by atoms with Crippen molar-refractivity contribution >= 4 is 11.6 Å². The maximum Gasteiger partial charge on any atom is 0.222 e. The second kappa shape index (κ2) is 10.9. The Balaban J connectivity index is 2.89. The molecule has 0 spiro atoms. The van der Waals surface area contributed by atoms with Crippen molar-refractivity contribution < 1.29 is 4.74 Å². The van der Waals surface area contributed by atoms with Crippen molar-refractivity contribution in [2.45, 2.75) is 91.6 Å². The average Bonchev–Trinajstić information content (AvgIpc) is 2.56. The van der Waals surface area contributed by atoms with Crippen molar-refractivity contribution in [2.75, 3.05) is 0 Å². The molecule has 0 radical (unpaired) electrons. The first-order chi connectivity index (χ1) is 11.1. The number of hydrogen-bond donors (Lipinski definition) is 0. The summed E-state index contributed by atoms with van der Waals surface area (Å²) in [6.45, 7) is 9.02. The van der Waals surface area contributed by atoms with Crippen molar-refractivity contribution in [3.8, 4) is 5.75 Å². The minimum Gasteiger partial charge on any atom is -0.487 e. The van der Waals surface area contributed by atoms with Crippen LogP contribution in [0.15, 0.2) is 12.4 Å². The molecule has 0 saturated heterocycles. The normalized spacial score (nSPS) is 13.1. The lowest BCUT2D eigenvalue weighted by Crippen LogP contribution is -2.37. The van der Waals surface area contributed by atoms with Crippen LogP contribution in [0.1, 0.15) is 85.5 Å². The molecule has 3 nitrogen and oxygen atoms in total. The van der Waals surface area contributed by atoms with Gasteiger partial charge in [0.05, 0.1) is 12.4 Å². The summed E-state index contributed by atoms with van der Waals surface area (Å²) < 4.78 is 6.24. The molecule has 0 bridgehead atoms. The van der Waals surface area contributed by atoms with Gasteiger partial charge in [-0.15, -0.1) is 0 Å². The molecule has 1 unspecified atom stereocenters. The highest BCUT2D eigenvalue weighted by molar-refractivity contribution is 6.28. The van der Waals surface area contributed by atoms with E-state index < -0.39 is 0 Å². The maximum absolute atomic E-state index is 6.24. The van der Waals surface area contributed by atoms with Gasteiger partial charge < -0.3 is 4.74 Å². The van der Waals surface area contributed by atoms with Crippen LogP contribution >= 0.6 is 11.6 Å². The number of hydrogen-bond acceptors (Lipinski definition) is 3. The second-order valence-corrected chi connectivity index (χ2v) is 6.96. The third-order valence-electron chi connectivity index (χ3n) is 4.86. The molecule has 0 amide bonds. The van der Waals surface area contributed by atoms with Crippen molar-refractivity contribution in [2.24, 2.45) is 5.41 Å². The van der Waals surface area contributed by atoms with Crippen molar-refractivity contribution in [3.63, 3.8) is 0 Å². The zero-order valence-electron chi connectivity index (χ0n) is 15.3. The maximum atomic E-state index is 6.24. The van der Waals surface area contributed by atoms with Crippen LogP contribution < -0.4 is 4.74 Å². The molecule has 1 aromatic rings. The summed E-state index contributed by atoms with van der Waals surface area (Å²) in [7, 11) is 0. The predicted octanol–water partition coefficient (Wildman–Crippen LogP) is 6.45. The fourth-order valence-corrected chi connectivity index (χ4v) is 3.36. The molecule has 1 rings (SSSR count). The Bertz CT molecular complexity index is 400. The van der Waals surface area contributed by atoms with Gasteiger partial charge in [0.2, 0.25) is 5.28 Å². The van der Waals surface area contributed by atoms with Crippen LogP contribution in [-0.4, -0.2) is 16.1 Å². The number of unbranched alkanes of at least 4 members (excludes halogenated alkanes) is 3. The highest BCUT2D eigenvalue weighted by atomic mass is 35.5. The van der Waals surface area contributed by atoms with Crippen molar-refractivity contribution in [1.29, 1.82) is 0 Å². The number of halogens is 1. The molecular weight excluding hydrogens is 308 g/mol. The van der Waals surface area contributed by atoms with Crippen LogP contribution in [0.3, 0.4) is 0 Å². The van der Waals surface area contributed by atoms with Gasteiger partial charge in [-0.2, -0.15) is 0 Å². The van der Waals surface area contributed by atoms with Gasteiger partial charge in [-0.05, 0) is 37.8 Å². The van der Waals surface area contributed by atoms with Gasteiger partial charge >= 0.3 is 0 Å². The third kappa shape index (κ3) is 6.66. The molecule has 23 heavy (non-hydrogen) atoms. The molecule has 0 aromatic carbocycles. The van der Waals surface area contributed by atoms with Gasteiger partial charge in [0.25, 0.3) is 0 Å². The first kappa shape index (κ1) is 20.2. The smallest absolute Gasteiger partial charge is 0.222 e. The van der Waals surface area contributed by atoms with E-state index in [0.717, 1.165) is 5.75 Å². The number of nitrogens with zero attached hydrogens (tertiary/aromatic N) is 2. The average molecular weight is 341 g/mol.